The summed E-state index contributed by atoms with van der Waals surface area (Å²) in [6.45, 7) is 1.90. The lowest BCUT2D eigenvalue weighted by molar-refractivity contribution is -0.121. The summed E-state index contributed by atoms with van der Waals surface area (Å²) in [5, 5.41) is 6.18. The van der Waals surface area contributed by atoms with Crippen molar-refractivity contribution >= 4 is 5.91 Å². The van der Waals surface area contributed by atoms with Crippen LogP contribution in [0.25, 0.3) is 10.4 Å². The van der Waals surface area contributed by atoms with Crippen LogP contribution in [0, 0.1) is 0 Å². The van der Waals surface area contributed by atoms with E-state index < -0.39 is 6.02 Å². The molecule has 5 nitrogen and oxygen atoms in total. The van der Waals surface area contributed by atoms with Gasteiger partial charge in [-0.15, -0.1) is 0 Å². The number of nitrogens with zero attached hydrogens (tertiary/aromatic N) is 3. The fourth-order valence-electron chi connectivity index (χ4n) is 1.22. The van der Waals surface area contributed by atoms with Crippen LogP contribution in [-0.4, -0.2) is 18.0 Å². The van der Waals surface area contributed by atoms with Gasteiger partial charge in [-0.05, 0) is 24.8 Å². The van der Waals surface area contributed by atoms with Crippen LogP contribution >= 0.6 is 0 Å². The maximum atomic E-state index is 11.4. The van der Waals surface area contributed by atoms with Crippen LogP contribution in [0.4, 0.5) is 0 Å². The normalized spacial score (nSPS) is 20.2. The summed E-state index contributed by atoms with van der Waals surface area (Å²) in [7, 11) is 0. The Balaban J connectivity index is 2.47. The number of carbonyl (C=O) groups excluding carboxylic acids is 1. The Morgan fingerprint density at radius 1 is 1.86 bits per heavy atom. The average molecular weight is 197 g/mol. The van der Waals surface area contributed by atoms with Crippen molar-refractivity contribution in [3.63, 3.8) is 0 Å². The van der Waals surface area contributed by atoms with E-state index in [1.54, 1.807) is 0 Å². The maximum absolute atomic E-state index is 11.4. The molecule has 0 aromatic carbocycles. The molecule has 0 spiro atoms. The van der Waals surface area contributed by atoms with Gasteiger partial charge in [0.2, 0.25) is 5.91 Å². The first kappa shape index (κ1) is 9.34. The third-order valence-corrected chi connectivity index (χ3v) is 2.03. The molecule has 78 valence electrons. The number of rotatable bonds is 6. The minimum atomic E-state index is -1.32. The van der Waals surface area contributed by atoms with E-state index in [1.165, 1.54) is 0 Å². The molecule has 5 heteroatoms. The van der Waals surface area contributed by atoms with Crippen LogP contribution < -0.4 is 5.32 Å². The second kappa shape index (κ2) is 5.50. The van der Waals surface area contributed by atoms with E-state index in [2.05, 4.69) is 15.3 Å². The first-order valence-electron chi connectivity index (χ1n) is 5.45. The molecule has 0 saturated heterocycles. The number of amides is 1. The predicted molar refractivity (Wildman–Crippen MR) is 53.6 cm³/mol. The Morgan fingerprint density at radius 2 is 2.57 bits per heavy atom. The summed E-state index contributed by atoms with van der Waals surface area (Å²) in [6, 6.07) is -1.03. The van der Waals surface area contributed by atoms with Crippen LogP contribution in [0.3, 0.4) is 0 Å². The molecule has 0 bridgehead atoms. The van der Waals surface area contributed by atoms with E-state index in [0.717, 1.165) is 19.3 Å². The van der Waals surface area contributed by atoms with Gasteiger partial charge in [-0.1, -0.05) is 18.5 Å². The molecule has 0 aromatic heterocycles. The molecule has 1 amide bonds. The highest BCUT2D eigenvalue weighted by Crippen LogP contribution is 2.19. The number of carbonyl (C=O) groups is 1. The Bertz CT molecular complexity index is 286. The van der Waals surface area contributed by atoms with Gasteiger partial charge in [-0.25, -0.2) is 0 Å². The minimum Gasteiger partial charge on any atom is -0.353 e. The van der Waals surface area contributed by atoms with Gasteiger partial charge in [-0.2, -0.15) is 0 Å². The van der Waals surface area contributed by atoms with Crippen molar-refractivity contribution < 1.29 is 6.17 Å². The largest absolute Gasteiger partial charge is 0.353 e. The van der Waals surface area contributed by atoms with Crippen LogP contribution in [0.2, 0.25) is 0 Å². The Labute approximate surface area is 84.9 Å². The van der Waals surface area contributed by atoms with E-state index in [1.807, 2.05) is 6.92 Å². The lowest BCUT2D eigenvalue weighted by Gasteiger charge is -2.09. The number of nitrogens with one attached hydrogen (secondary N) is 1. The molecule has 1 unspecified atom stereocenters. The third-order valence-electron chi connectivity index (χ3n) is 2.03. The van der Waals surface area contributed by atoms with Crippen molar-refractivity contribution in [2.45, 2.75) is 51.1 Å². The fourth-order valence-corrected chi connectivity index (χ4v) is 1.22. The molecule has 0 heterocycles. The molecule has 1 rings (SSSR count). The SMILES string of the molecule is [2H]C(CCC)(CC(=O)NC1CC1)N=[N+]=[N-]. The molecular weight excluding hydrogens is 180 g/mol. The zero-order valence-electron chi connectivity index (χ0n) is 9.36. The molecule has 0 radical (unpaired) electrons. The molecule has 1 aliphatic carbocycles. The van der Waals surface area contributed by atoms with Gasteiger partial charge in [0.15, 0.2) is 0 Å². The fraction of sp³-hybridized carbons (Fsp3) is 0.889. The third kappa shape index (κ3) is 4.14. The maximum Gasteiger partial charge on any atom is 0.220 e. The first-order chi connectivity index (χ1) is 7.09. The summed E-state index contributed by atoms with van der Waals surface area (Å²) in [4.78, 5) is 14.1. The summed E-state index contributed by atoms with van der Waals surface area (Å²) in [5.74, 6) is -0.187. The van der Waals surface area contributed by atoms with Crippen molar-refractivity contribution in [2.75, 3.05) is 0 Å². The van der Waals surface area contributed by atoms with Crippen molar-refractivity contribution in [2.24, 2.45) is 5.11 Å². The smallest absolute Gasteiger partial charge is 0.220 e. The van der Waals surface area contributed by atoms with Crippen LogP contribution in [0.5, 0.6) is 0 Å². The second-order valence-corrected chi connectivity index (χ2v) is 3.52. The first-order valence-corrected chi connectivity index (χ1v) is 4.95. The van der Waals surface area contributed by atoms with Gasteiger partial charge in [0.25, 0.3) is 0 Å². The molecule has 1 aliphatic rings. The standard InChI is InChI=1S/C9H16N4O/c1-2-3-8(12-13-10)6-9(14)11-7-4-5-7/h7-8H,2-6H2,1H3,(H,11,14)/i8D. The monoisotopic (exact) mass is 197 g/mol. The van der Waals surface area contributed by atoms with Gasteiger partial charge in [0, 0.05) is 24.8 Å². The number of azide groups is 1. The van der Waals surface area contributed by atoms with Gasteiger partial charge in [0.1, 0.15) is 0 Å². The van der Waals surface area contributed by atoms with E-state index in [0.29, 0.717) is 6.42 Å². The van der Waals surface area contributed by atoms with E-state index in [4.69, 9.17) is 6.90 Å². The Morgan fingerprint density at radius 3 is 3.07 bits per heavy atom. The summed E-state index contributed by atoms with van der Waals surface area (Å²) in [6.07, 6.45) is 3.13. The van der Waals surface area contributed by atoms with Crippen LogP contribution in [0.1, 0.15) is 40.4 Å². The molecule has 1 N–H and O–H groups in total. The summed E-state index contributed by atoms with van der Waals surface area (Å²) in [5.41, 5.74) is 8.34. The van der Waals surface area contributed by atoms with Gasteiger partial charge >= 0.3 is 0 Å². The summed E-state index contributed by atoms with van der Waals surface area (Å²) >= 11 is 0. The van der Waals surface area contributed by atoms with Crippen LogP contribution in [-0.2, 0) is 4.79 Å². The zero-order chi connectivity index (χ0) is 11.3. The van der Waals surface area contributed by atoms with E-state index in [-0.39, 0.29) is 18.4 Å². The molecule has 0 aliphatic heterocycles. The van der Waals surface area contributed by atoms with Gasteiger partial charge in [-0.3, -0.25) is 4.79 Å². The number of hydrogen-bond acceptors (Lipinski definition) is 2. The minimum absolute atomic E-state index is 0.0403. The quantitative estimate of drug-likeness (QED) is 0.395. The molecule has 14 heavy (non-hydrogen) atoms. The molecule has 1 fully saturated rings. The van der Waals surface area contributed by atoms with Crippen molar-refractivity contribution in [1.29, 1.82) is 0 Å². The number of hydrogen-bond donors (Lipinski definition) is 1. The van der Waals surface area contributed by atoms with Crippen LogP contribution in [0.15, 0.2) is 5.11 Å². The molecule has 1 saturated carbocycles. The molecule has 0 aromatic rings. The second-order valence-electron chi connectivity index (χ2n) is 3.52. The average Bonchev–Trinajstić information content (AvgIpc) is 2.87. The lowest BCUT2D eigenvalue weighted by atomic mass is 10.1. The topological polar surface area (TPSA) is 77.9 Å². The predicted octanol–water partition coefficient (Wildman–Crippen LogP) is 2.13. The van der Waals surface area contributed by atoms with Crippen molar-refractivity contribution in [3.05, 3.63) is 10.4 Å². The van der Waals surface area contributed by atoms with Gasteiger partial charge in [0.05, 0.1) is 0 Å². The highest BCUT2D eigenvalue weighted by Gasteiger charge is 2.24. The van der Waals surface area contributed by atoms with Crippen molar-refractivity contribution in [1.82, 2.24) is 5.32 Å². The van der Waals surface area contributed by atoms with Crippen molar-refractivity contribution in [3.8, 4) is 0 Å². The Hall–Kier alpha value is -1.22. The summed E-state index contributed by atoms with van der Waals surface area (Å²) < 4.78 is 7.83. The lowest BCUT2D eigenvalue weighted by Crippen LogP contribution is -2.28. The molecular formula is C9H16N4O. The highest BCUT2D eigenvalue weighted by molar-refractivity contribution is 5.77. The Kier molecular flexibility index (Phi) is 3.67. The van der Waals surface area contributed by atoms with Gasteiger partial charge < -0.3 is 5.32 Å². The van der Waals surface area contributed by atoms with E-state index in [9.17, 15) is 4.79 Å². The zero-order valence-corrected chi connectivity index (χ0v) is 8.36. The molecule has 1 atom stereocenters. The van der Waals surface area contributed by atoms with E-state index >= 15 is 0 Å². The highest BCUT2D eigenvalue weighted by atomic mass is 16.1.